The summed E-state index contributed by atoms with van der Waals surface area (Å²) in [5.41, 5.74) is 6.30. The summed E-state index contributed by atoms with van der Waals surface area (Å²) in [4.78, 5) is 10.6. The van der Waals surface area contributed by atoms with E-state index in [-0.39, 0.29) is 11.7 Å². The SMILES string of the molecule is NCC(Nc1ccc(Cl)cc1[N+](=O)[O-])C1CCCC1. The van der Waals surface area contributed by atoms with Crippen LogP contribution in [-0.2, 0) is 0 Å². The van der Waals surface area contributed by atoms with E-state index < -0.39 is 4.92 Å². The molecule has 1 aromatic carbocycles. The normalized spacial score (nSPS) is 17.4. The minimum absolute atomic E-state index is 0.00365. The van der Waals surface area contributed by atoms with Crippen molar-refractivity contribution >= 4 is 23.0 Å². The molecule has 1 atom stereocenters. The Morgan fingerprint density at radius 3 is 2.74 bits per heavy atom. The molecule has 1 unspecified atom stereocenters. The Bertz CT molecular complexity index is 461. The van der Waals surface area contributed by atoms with Crippen molar-refractivity contribution < 1.29 is 4.92 Å². The van der Waals surface area contributed by atoms with Crippen LogP contribution in [0.2, 0.25) is 5.02 Å². The number of hydrogen-bond donors (Lipinski definition) is 2. The Morgan fingerprint density at radius 1 is 1.47 bits per heavy atom. The number of halogens is 1. The molecule has 3 N–H and O–H groups in total. The van der Waals surface area contributed by atoms with Crippen molar-refractivity contribution in [3.63, 3.8) is 0 Å². The molecule has 0 bridgehead atoms. The molecule has 0 heterocycles. The second-order valence-corrected chi connectivity index (χ2v) is 5.39. The van der Waals surface area contributed by atoms with Crippen LogP contribution >= 0.6 is 11.6 Å². The zero-order chi connectivity index (χ0) is 13.8. The van der Waals surface area contributed by atoms with Crippen molar-refractivity contribution in [2.45, 2.75) is 31.7 Å². The van der Waals surface area contributed by atoms with E-state index in [9.17, 15) is 10.1 Å². The lowest BCUT2D eigenvalue weighted by molar-refractivity contribution is -0.384. The summed E-state index contributed by atoms with van der Waals surface area (Å²) in [6.45, 7) is 0.477. The van der Waals surface area contributed by atoms with Gasteiger partial charge in [-0.25, -0.2) is 0 Å². The molecule has 6 heteroatoms. The van der Waals surface area contributed by atoms with Crippen molar-refractivity contribution in [2.24, 2.45) is 11.7 Å². The van der Waals surface area contributed by atoms with Gasteiger partial charge in [0.1, 0.15) is 5.69 Å². The zero-order valence-corrected chi connectivity index (χ0v) is 11.4. The predicted molar refractivity (Wildman–Crippen MR) is 76.5 cm³/mol. The average molecular weight is 284 g/mol. The third kappa shape index (κ3) is 3.36. The summed E-state index contributed by atoms with van der Waals surface area (Å²) in [7, 11) is 0. The first kappa shape index (κ1) is 14.1. The quantitative estimate of drug-likeness (QED) is 0.642. The van der Waals surface area contributed by atoms with Crippen molar-refractivity contribution in [1.29, 1.82) is 0 Å². The first-order valence-corrected chi connectivity index (χ1v) is 6.90. The van der Waals surface area contributed by atoms with Gasteiger partial charge in [-0.1, -0.05) is 24.4 Å². The van der Waals surface area contributed by atoms with Gasteiger partial charge in [0.25, 0.3) is 5.69 Å². The molecule has 1 aliphatic rings. The number of nitrogens with zero attached hydrogens (tertiary/aromatic N) is 1. The van der Waals surface area contributed by atoms with Gasteiger partial charge in [0.15, 0.2) is 0 Å². The molecule has 0 saturated heterocycles. The van der Waals surface area contributed by atoms with Gasteiger partial charge in [-0.15, -0.1) is 0 Å². The Hall–Kier alpha value is -1.33. The molecular formula is C13H18ClN3O2. The fraction of sp³-hybridized carbons (Fsp3) is 0.538. The monoisotopic (exact) mass is 283 g/mol. The first-order chi connectivity index (χ1) is 9.11. The van der Waals surface area contributed by atoms with Crippen LogP contribution in [-0.4, -0.2) is 17.5 Å². The molecule has 2 rings (SSSR count). The Balaban J connectivity index is 2.18. The van der Waals surface area contributed by atoms with Gasteiger partial charge in [0, 0.05) is 23.7 Å². The van der Waals surface area contributed by atoms with Crippen molar-refractivity contribution in [3.05, 3.63) is 33.3 Å². The summed E-state index contributed by atoms with van der Waals surface area (Å²) in [5, 5.41) is 14.6. The van der Waals surface area contributed by atoms with Crippen LogP contribution in [0.15, 0.2) is 18.2 Å². The van der Waals surface area contributed by atoms with Crippen LogP contribution in [0.5, 0.6) is 0 Å². The second kappa shape index (κ2) is 6.21. The highest BCUT2D eigenvalue weighted by atomic mass is 35.5. The molecule has 0 amide bonds. The maximum atomic E-state index is 11.0. The van der Waals surface area contributed by atoms with E-state index in [1.54, 1.807) is 12.1 Å². The highest BCUT2D eigenvalue weighted by molar-refractivity contribution is 6.30. The summed E-state index contributed by atoms with van der Waals surface area (Å²) in [5.74, 6) is 0.500. The molecule has 1 fully saturated rings. The second-order valence-electron chi connectivity index (χ2n) is 4.95. The van der Waals surface area contributed by atoms with Gasteiger partial charge in [0.05, 0.1) is 4.92 Å². The Kier molecular flexibility index (Phi) is 4.61. The standard InChI is InChI=1S/C13H18ClN3O2/c14-10-5-6-11(13(7-10)17(18)19)16-12(8-15)9-3-1-2-4-9/h5-7,9,12,16H,1-4,8,15H2. The lowest BCUT2D eigenvalue weighted by Gasteiger charge is -2.24. The number of nitro groups is 1. The maximum Gasteiger partial charge on any atom is 0.293 e. The van der Waals surface area contributed by atoms with E-state index in [1.165, 1.54) is 18.9 Å². The molecule has 0 radical (unpaired) electrons. The molecule has 1 aliphatic carbocycles. The predicted octanol–water partition coefficient (Wildman–Crippen LogP) is 3.18. The first-order valence-electron chi connectivity index (χ1n) is 6.52. The summed E-state index contributed by atoms with van der Waals surface area (Å²) < 4.78 is 0. The summed E-state index contributed by atoms with van der Waals surface area (Å²) in [6.07, 6.45) is 4.70. The summed E-state index contributed by atoms with van der Waals surface area (Å²) >= 11 is 5.80. The number of nitro benzene ring substituents is 1. The molecule has 5 nitrogen and oxygen atoms in total. The number of hydrogen-bond acceptors (Lipinski definition) is 4. The van der Waals surface area contributed by atoms with E-state index in [0.29, 0.717) is 23.2 Å². The van der Waals surface area contributed by atoms with Crippen molar-refractivity contribution in [1.82, 2.24) is 0 Å². The minimum Gasteiger partial charge on any atom is -0.375 e. The van der Waals surface area contributed by atoms with Gasteiger partial charge in [-0.2, -0.15) is 0 Å². The third-order valence-corrected chi connectivity index (χ3v) is 3.96. The molecule has 0 aliphatic heterocycles. The van der Waals surface area contributed by atoms with Gasteiger partial charge in [0.2, 0.25) is 0 Å². The largest absolute Gasteiger partial charge is 0.375 e. The van der Waals surface area contributed by atoms with Gasteiger partial charge < -0.3 is 11.1 Å². The lowest BCUT2D eigenvalue weighted by atomic mass is 9.98. The highest BCUT2D eigenvalue weighted by Gasteiger charge is 2.26. The van der Waals surface area contributed by atoms with E-state index >= 15 is 0 Å². The van der Waals surface area contributed by atoms with E-state index in [0.717, 1.165) is 12.8 Å². The Labute approximate surface area is 117 Å². The highest BCUT2D eigenvalue weighted by Crippen LogP contribution is 2.32. The van der Waals surface area contributed by atoms with Crippen LogP contribution < -0.4 is 11.1 Å². The zero-order valence-electron chi connectivity index (χ0n) is 10.6. The number of rotatable bonds is 5. The van der Waals surface area contributed by atoms with E-state index in [2.05, 4.69) is 5.32 Å². The molecule has 19 heavy (non-hydrogen) atoms. The third-order valence-electron chi connectivity index (χ3n) is 3.72. The van der Waals surface area contributed by atoms with Crippen LogP contribution in [0.25, 0.3) is 0 Å². The topological polar surface area (TPSA) is 81.2 Å². The average Bonchev–Trinajstić information content (AvgIpc) is 2.90. The summed E-state index contributed by atoms with van der Waals surface area (Å²) in [6, 6.07) is 4.76. The van der Waals surface area contributed by atoms with Crippen LogP contribution in [0.4, 0.5) is 11.4 Å². The van der Waals surface area contributed by atoms with Gasteiger partial charge in [-0.3, -0.25) is 10.1 Å². The van der Waals surface area contributed by atoms with Crippen molar-refractivity contribution in [3.8, 4) is 0 Å². The smallest absolute Gasteiger partial charge is 0.293 e. The molecule has 0 aromatic heterocycles. The van der Waals surface area contributed by atoms with Crippen LogP contribution in [0.3, 0.4) is 0 Å². The number of anilines is 1. The van der Waals surface area contributed by atoms with E-state index in [4.69, 9.17) is 17.3 Å². The molecule has 1 saturated carbocycles. The van der Waals surface area contributed by atoms with Gasteiger partial charge >= 0.3 is 0 Å². The molecule has 104 valence electrons. The fourth-order valence-electron chi connectivity index (χ4n) is 2.71. The van der Waals surface area contributed by atoms with Crippen LogP contribution in [0.1, 0.15) is 25.7 Å². The fourth-order valence-corrected chi connectivity index (χ4v) is 2.87. The molecule has 0 spiro atoms. The minimum atomic E-state index is -0.420. The number of nitrogens with one attached hydrogen (secondary N) is 1. The Morgan fingerprint density at radius 2 is 2.16 bits per heavy atom. The van der Waals surface area contributed by atoms with Crippen molar-refractivity contribution in [2.75, 3.05) is 11.9 Å². The van der Waals surface area contributed by atoms with Gasteiger partial charge in [-0.05, 0) is 30.9 Å². The molecule has 1 aromatic rings. The molecular weight excluding hydrogens is 266 g/mol. The lowest BCUT2D eigenvalue weighted by Crippen LogP contribution is -2.35. The number of nitrogens with two attached hydrogens (primary N) is 1. The van der Waals surface area contributed by atoms with Crippen LogP contribution in [0, 0.1) is 16.0 Å². The van der Waals surface area contributed by atoms with E-state index in [1.807, 2.05) is 0 Å². The maximum absolute atomic E-state index is 11.0. The number of benzene rings is 1.